The zero-order chi connectivity index (χ0) is 24.8. The van der Waals surface area contributed by atoms with Crippen molar-refractivity contribution in [2.75, 3.05) is 6.61 Å². The Bertz CT molecular complexity index is 1040. The van der Waals surface area contributed by atoms with Gasteiger partial charge in [-0.25, -0.2) is 4.79 Å². The molecule has 0 radical (unpaired) electrons. The third kappa shape index (κ3) is 6.75. The van der Waals surface area contributed by atoms with Crippen LogP contribution in [0.15, 0.2) is 24.3 Å². The minimum atomic E-state index is -1.03. The van der Waals surface area contributed by atoms with Crippen LogP contribution in [0, 0.1) is 18.3 Å². The lowest BCUT2D eigenvalue weighted by Gasteiger charge is -2.21. The van der Waals surface area contributed by atoms with Gasteiger partial charge < -0.3 is 14.2 Å². The van der Waals surface area contributed by atoms with Gasteiger partial charge in [0.25, 0.3) is 0 Å². The highest BCUT2D eigenvalue weighted by Crippen LogP contribution is 2.34. The second-order valence-electron chi connectivity index (χ2n) is 8.77. The number of ether oxygens (including phenoxy) is 3. The Kier molecular flexibility index (Phi) is 8.95. The molecule has 0 aliphatic heterocycles. The fourth-order valence-electron chi connectivity index (χ4n) is 3.15. The number of carbonyl (C=O) groups excluding carboxylic acids is 1. The highest BCUT2D eigenvalue weighted by atomic mass is 35.5. The molecule has 1 atom stereocenters. The summed E-state index contributed by atoms with van der Waals surface area (Å²) in [5, 5.41) is 14.8. The molecule has 8 heteroatoms. The van der Waals surface area contributed by atoms with Crippen molar-refractivity contribution in [3.63, 3.8) is 0 Å². The van der Waals surface area contributed by atoms with E-state index in [0.29, 0.717) is 22.0 Å². The summed E-state index contributed by atoms with van der Waals surface area (Å²) < 4.78 is 17.8. The van der Waals surface area contributed by atoms with E-state index in [9.17, 15) is 10.1 Å². The summed E-state index contributed by atoms with van der Waals surface area (Å²) in [6.45, 7) is 11.9. The molecule has 0 saturated heterocycles. The Hall–Kier alpha value is -2.98. The second kappa shape index (κ2) is 11.2. The van der Waals surface area contributed by atoms with Crippen molar-refractivity contribution in [2.24, 2.45) is 7.05 Å². The summed E-state index contributed by atoms with van der Waals surface area (Å²) in [6, 6.07) is 9.91. The first-order valence-electron chi connectivity index (χ1n) is 10.9. The van der Waals surface area contributed by atoms with Crippen molar-refractivity contribution in [3.05, 3.63) is 51.8 Å². The van der Waals surface area contributed by atoms with E-state index in [4.69, 9.17) is 25.8 Å². The van der Waals surface area contributed by atoms with Crippen LogP contribution in [0.2, 0.25) is 5.02 Å². The molecular formula is C25H32ClN3O4. The quantitative estimate of drug-likeness (QED) is 0.145. The van der Waals surface area contributed by atoms with Gasteiger partial charge in [-0.05, 0) is 29.9 Å². The van der Waals surface area contributed by atoms with E-state index >= 15 is 0 Å². The van der Waals surface area contributed by atoms with Gasteiger partial charge in [-0.2, -0.15) is 10.4 Å². The molecule has 33 heavy (non-hydrogen) atoms. The molecule has 0 fully saturated rings. The number of aryl methyl sites for hydroxylation is 2. The van der Waals surface area contributed by atoms with E-state index in [1.54, 1.807) is 25.6 Å². The summed E-state index contributed by atoms with van der Waals surface area (Å²) in [5.74, 6) is 0.169. The first-order valence-corrected chi connectivity index (χ1v) is 11.3. The first kappa shape index (κ1) is 26.3. The second-order valence-corrected chi connectivity index (χ2v) is 9.15. The maximum absolute atomic E-state index is 12.0. The largest absolute Gasteiger partial charge is 0.511 e. The Labute approximate surface area is 200 Å². The van der Waals surface area contributed by atoms with Gasteiger partial charge in [0.1, 0.15) is 17.3 Å². The molecule has 0 N–H and O–H groups in total. The number of nitrogens with zero attached hydrogens (tertiary/aromatic N) is 3. The van der Waals surface area contributed by atoms with Gasteiger partial charge in [-0.1, -0.05) is 70.0 Å². The van der Waals surface area contributed by atoms with Crippen LogP contribution in [-0.4, -0.2) is 28.8 Å². The maximum Gasteiger partial charge on any atom is 0.511 e. The predicted molar refractivity (Wildman–Crippen MR) is 128 cm³/mol. The van der Waals surface area contributed by atoms with Crippen LogP contribution in [0.5, 0.6) is 0 Å². The van der Waals surface area contributed by atoms with Gasteiger partial charge >= 0.3 is 6.16 Å². The van der Waals surface area contributed by atoms with E-state index < -0.39 is 12.4 Å². The number of benzene rings is 1. The van der Waals surface area contributed by atoms with E-state index in [2.05, 4.69) is 31.9 Å². The van der Waals surface area contributed by atoms with Crippen LogP contribution in [0.3, 0.4) is 0 Å². The zero-order valence-corrected chi connectivity index (χ0v) is 21.1. The smallest absolute Gasteiger partial charge is 0.451 e. The maximum atomic E-state index is 12.0. The third-order valence-corrected chi connectivity index (χ3v) is 5.46. The molecule has 0 bridgehead atoms. The lowest BCUT2D eigenvalue weighted by atomic mass is 9.86. The number of halogens is 1. The predicted octanol–water partition coefficient (Wildman–Crippen LogP) is 6.39. The number of allylic oxidation sites excluding steroid dienone is 1. The number of carbonyl (C=O) groups is 1. The van der Waals surface area contributed by atoms with Crippen molar-refractivity contribution in [1.82, 2.24) is 9.78 Å². The molecule has 0 saturated carbocycles. The van der Waals surface area contributed by atoms with Crippen LogP contribution >= 0.6 is 11.6 Å². The molecule has 7 nitrogen and oxygen atoms in total. The SMILES string of the molecule is CCCCOC(=O)OC(C)O/C(=C(/C#N)c1ccc(C(C)(C)C)cc1)c1c(Cl)c(C)nn1C. The normalized spacial score (nSPS) is 13.1. The van der Waals surface area contributed by atoms with E-state index in [1.807, 2.05) is 31.2 Å². The first-order chi connectivity index (χ1) is 15.5. The number of nitriles is 1. The molecule has 1 aromatic heterocycles. The average molecular weight is 474 g/mol. The highest BCUT2D eigenvalue weighted by molar-refractivity contribution is 6.33. The Balaban J connectivity index is 2.48. The molecule has 0 aliphatic carbocycles. The van der Waals surface area contributed by atoms with Gasteiger partial charge in [0.2, 0.25) is 6.29 Å². The molecule has 0 amide bonds. The van der Waals surface area contributed by atoms with Crippen LogP contribution in [0.4, 0.5) is 4.79 Å². The molecule has 0 aliphatic rings. The fraction of sp³-hybridized carbons (Fsp3) is 0.480. The molecule has 178 valence electrons. The number of hydrogen-bond donors (Lipinski definition) is 0. The summed E-state index contributed by atoms with van der Waals surface area (Å²) in [5.41, 5.74) is 3.00. The van der Waals surface area contributed by atoms with Crippen LogP contribution in [0.25, 0.3) is 11.3 Å². The standard InChI is InChI=1S/C25H32ClN3O4/c1-8-9-14-31-24(30)33-17(3)32-23(22-21(26)16(2)28-29(22)7)20(15-27)18-10-12-19(13-11-18)25(4,5)6/h10-13,17H,8-9,14H2,1-7H3/b23-20-. The Morgan fingerprint density at radius 1 is 1.24 bits per heavy atom. The Morgan fingerprint density at radius 2 is 1.88 bits per heavy atom. The lowest BCUT2D eigenvalue weighted by molar-refractivity contribution is -0.0672. The van der Waals surface area contributed by atoms with Crippen molar-refractivity contribution >= 4 is 29.1 Å². The van der Waals surface area contributed by atoms with Crippen molar-refractivity contribution in [1.29, 1.82) is 5.26 Å². The van der Waals surface area contributed by atoms with Crippen LogP contribution < -0.4 is 0 Å². The molecule has 1 unspecified atom stereocenters. The summed E-state index contributed by atoms with van der Waals surface area (Å²) in [7, 11) is 1.71. The van der Waals surface area contributed by atoms with E-state index in [0.717, 1.165) is 18.4 Å². The number of rotatable bonds is 8. The summed E-state index contributed by atoms with van der Waals surface area (Å²) in [4.78, 5) is 12.0. The van der Waals surface area contributed by atoms with E-state index in [1.165, 1.54) is 0 Å². The van der Waals surface area contributed by atoms with Gasteiger partial charge in [0, 0.05) is 14.0 Å². The minimum absolute atomic E-state index is 0.0304. The number of unbranched alkanes of at least 4 members (excludes halogenated alkanes) is 1. The molecule has 1 aromatic carbocycles. The van der Waals surface area contributed by atoms with Crippen LogP contribution in [0.1, 0.15) is 70.0 Å². The summed E-state index contributed by atoms with van der Waals surface area (Å²) in [6.07, 6.45) is -0.236. The minimum Gasteiger partial charge on any atom is -0.451 e. The van der Waals surface area contributed by atoms with Gasteiger partial charge in [-0.3, -0.25) is 4.68 Å². The van der Waals surface area contributed by atoms with Crippen molar-refractivity contribution in [2.45, 2.75) is 66.1 Å². The molecular weight excluding hydrogens is 442 g/mol. The zero-order valence-electron chi connectivity index (χ0n) is 20.4. The molecule has 0 spiro atoms. The third-order valence-electron chi connectivity index (χ3n) is 5.01. The molecule has 1 heterocycles. The van der Waals surface area contributed by atoms with Crippen molar-refractivity contribution < 1.29 is 19.0 Å². The van der Waals surface area contributed by atoms with Gasteiger partial charge in [0.15, 0.2) is 5.76 Å². The topological polar surface area (TPSA) is 86.4 Å². The highest BCUT2D eigenvalue weighted by Gasteiger charge is 2.25. The lowest BCUT2D eigenvalue weighted by Crippen LogP contribution is -2.20. The number of aromatic nitrogens is 2. The van der Waals surface area contributed by atoms with Crippen molar-refractivity contribution in [3.8, 4) is 6.07 Å². The average Bonchev–Trinajstić information content (AvgIpc) is 2.99. The van der Waals surface area contributed by atoms with Crippen LogP contribution in [-0.2, 0) is 26.7 Å². The molecule has 2 rings (SSSR count). The fourth-order valence-corrected chi connectivity index (χ4v) is 3.40. The van der Waals surface area contributed by atoms with E-state index in [-0.39, 0.29) is 23.4 Å². The van der Waals surface area contributed by atoms with Gasteiger partial charge in [0.05, 0.1) is 17.3 Å². The monoisotopic (exact) mass is 473 g/mol. The number of hydrogen-bond acceptors (Lipinski definition) is 6. The summed E-state index contributed by atoms with van der Waals surface area (Å²) >= 11 is 6.52. The van der Waals surface area contributed by atoms with Gasteiger partial charge in [-0.15, -0.1) is 0 Å². The Morgan fingerprint density at radius 3 is 2.36 bits per heavy atom. The molecule has 2 aromatic rings.